The van der Waals surface area contributed by atoms with E-state index in [4.69, 9.17) is 4.74 Å². The van der Waals surface area contributed by atoms with Gasteiger partial charge in [0.15, 0.2) is 0 Å². The monoisotopic (exact) mass is 282 g/mol. The fourth-order valence-electron chi connectivity index (χ4n) is 1.65. The number of ether oxygens (including phenoxy) is 1. The summed E-state index contributed by atoms with van der Waals surface area (Å²) in [5.41, 5.74) is 0.971. The van der Waals surface area contributed by atoms with E-state index in [0.29, 0.717) is 24.3 Å². The molecule has 0 atom stereocenters. The van der Waals surface area contributed by atoms with Crippen molar-refractivity contribution < 1.29 is 18.7 Å². The van der Waals surface area contributed by atoms with Crippen LogP contribution in [0.2, 0.25) is 0 Å². The first-order valence-corrected chi connectivity index (χ1v) is 6.34. The van der Waals surface area contributed by atoms with Gasteiger partial charge in [-0.05, 0) is 30.7 Å². The molecule has 0 aliphatic heterocycles. The number of hydrogen-bond acceptors (Lipinski definition) is 3. The molecule has 0 aromatic heterocycles. The van der Waals surface area contributed by atoms with Gasteiger partial charge < -0.3 is 15.4 Å². The van der Waals surface area contributed by atoms with Crippen molar-refractivity contribution in [2.75, 3.05) is 26.8 Å². The Kier molecular flexibility index (Phi) is 6.66. The van der Waals surface area contributed by atoms with E-state index in [-0.39, 0.29) is 30.6 Å². The molecule has 0 aliphatic carbocycles. The number of amides is 2. The Morgan fingerprint density at radius 3 is 2.65 bits per heavy atom. The number of halogens is 1. The number of benzene rings is 1. The maximum Gasteiger partial charge on any atom is 0.251 e. The molecule has 0 saturated carbocycles. The highest BCUT2D eigenvalue weighted by atomic mass is 19.1. The van der Waals surface area contributed by atoms with Crippen LogP contribution in [-0.4, -0.2) is 38.6 Å². The van der Waals surface area contributed by atoms with Gasteiger partial charge in [-0.2, -0.15) is 0 Å². The number of hydrogen-bond donors (Lipinski definition) is 2. The van der Waals surface area contributed by atoms with Crippen LogP contribution in [0, 0.1) is 12.7 Å². The Balaban J connectivity index is 2.34. The van der Waals surface area contributed by atoms with Crippen molar-refractivity contribution in [2.24, 2.45) is 0 Å². The Morgan fingerprint density at radius 2 is 2.00 bits per heavy atom. The second-order valence-electron chi connectivity index (χ2n) is 4.31. The molecule has 6 heteroatoms. The number of rotatable bonds is 7. The highest BCUT2D eigenvalue weighted by Crippen LogP contribution is 2.09. The summed E-state index contributed by atoms with van der Waals surface area (Å²) in [6, 6.07) is 3.96. The van der Waals surface area contributed by atoms with Crippen LogP contribution in [0.1, 0.15) is 22.3 Å². The van der Waals surface area contributed by atoms with Crippen LogP contribution in [0.3, 0.4) is 0 Å². The van der Waals surface area contributed by atoms with Crippen molar-refractivity contribution in [3.8, 4) is 0 Å². The highest BCUT2D eigenvalue weighted by molar-refractivity contribution is 5.95. The van der Waals surface area contributed by atoms with Gasteiger partial charge in [0, 0.05) is 32.2 Å². The third-order valence-electron chi connectivity index (χ3n) is 2.70. The molecule has 1 aromatic rings. The fraction of sp³-hybridized carbons (Fsp3) is 0.429. The van der Waals surface area contributed by atoms with E-state index in [9.17, 15) is 14.0 Å². The van der Waals surface area contributed by atoms with E-state index in [1.807, 2.05) is 0 Å². The van der Waals surface area contributed by atoms with Crippen molar-refractivity contribution in [3.05, 3.63) is 35.1 Å². The van der Waals surface area contributed by atoms with Crippen LogP contribution in [-0.2, 0) is 9.53 Å². The van der Waals surface area contributed by atoms with Crippen molar-refractivity contribution in [1.82, 2.24) is 10.6 Å². The second-order valence-corrected chi connectivity index (χ2v) is 4.31. The number of carbonyl (C=O) groups excluding carboxylic acids is 2. The lowest BCUT2D eigenvalue weighted by Gasteiger charge is -2.08. The summed E-state index contributed by atoms with van der Waals surface area (Å²) in [6.45, 7) is 2.79. The molecule has 2 N–H and O–H groups in total. The first kappa shape index (κ1) is 16.1. The van der Waals surface area contributed by atoms with Crippen LogP contribution in [0.5, 0.6) is 0 Å². The van der Waals surface area contributed by atoms with E-state index >= 15 is 0 Å². The molecule has 1 aromatic carbocycles. The van der Waals surface area contributed by atoms with Gasteiger partial charge in [-0.25, -0.2) is 4.39 Å². The summed E-state index contributed by atoms with van der Waals surface area (Å²) in [7, 11) is 1.55. The number of nitrogens with one attached hydrogen (secondary N) is 2. The SMILES string of the molecule is COCCNC(=O)CCNC(=O)c1ccc(F)cc1C. The molecule has 0 unspecified atom stereocenters. The second kappa shape index (κ2) is 8.27. The van der Waals surface area contributed by atoms with Gasteiger partial charge in [0.1, 0.15) is 5.82 Å². The lowest BCUT2D eigenvalue weighted by molar-refractivity contribution is -0.121. The number of carbonyl (C=O) groups is 2. The van der Waals surface area contributed by atoms with Crippen LogP contribution < -0.4 is 10.6 Å². The molecule has 0 saturated heterocycles. The van der Waals surface area contributed by atoms with E-state index in [2.05, 4.69) is 10.6 Å². The van der Waals surface area contributed by atoms with Crippen LogP contribution in [0.15, 0.2) is 18.2 Å². The molecule has 20 heavy (non-hydrogen) atoms. The molecule has 0 heterocycles. The van der Waals surface area contributed by atoms with Gasteiger partial charge in [0.25, 0.3) is 5.91 Å². The van der Waals surface area contributed by atoms with Crippen LogP contribution in [0.4, 0.5) is 4.39 Å². The smallest absolute Gasteiger partial charge is 0.251 e. The first-order valence-electron chi connectivity index (χ1n) is 6.34. The van der Waals surface area contributed by atoms with Gasteiger partial charge in [0.2, 0.25) is 5.91 Å². The zero-order chi connectivity index (χ0) is 15.0. The molecule has 0 radical (unpaired) electrons. The lowest BCUT2D eigenvalue weighted by Crippen LogP contribution is -2.32. The normalized spacial score (nSPS) is 10.2. The van der Waals surface area contributed by atoms with Gasteiger partial charge in [-0.3, -0.25) is 9.59 Å². The summed E-state index contributed by atoms with van der Waals surface area (Å²) in [5.74, 6) is -0.845. The standard InChI is InChI=1S/C14H19FN2O3/c1-10-9-11(15)3-4-12(10)14(19)17-6-5-13(18)16-7-8-20-2/h3-4,9H,5-8H2,1-2H3,(H,16,18)(H,17,19). The average Bonchev–Trinajstić information content (AvgIpc) is 2.38. The summed E-state index contributed by atoms with van der Waals surface area (Å²) in [4.78, 5) is 23.2. The van der Waals surface area contributed by atoms with Crippen molar-refractivity contribution in [1.29, 1.82) is 0 Å². The first-order chi connectivity index (χ1) is 9.54. The molecule has 110 valence electrons. The lowest BCUT2D eigenvalue weighted by atomic mass is 10.1. The largest absolute Gasteiger partial charge is 0.383 e. The van der Waals surface area contributed by atoms with Gasteiger partial charge >= 0.3 is 0 Å². The van der Waals surface area contributed by atoms with Crippen LogP contribution in [0.25, 0.3) is 0 Å². The predicted octanol–water partition coefficient (Wildman–Crippen LogP) is 1.02. The third-order valence-corrected chi connectivity index (χ3v) is 2.70. The number of methoxy groups -OCH3 is 1. The molecular formula is C14H19FN2O3. The topological polar surface area (TPSA) is 67.4 Å². The highest BCUT2D eigenvalue weighted by Gasteiger charge is 2.09. The minimum Gasteiger partial charge on any atom is -0.383 e. The summed E-state index contributed by atoms with van der Waals surface area (Å²) in [5, 5.41) is 5.28. The zero-order valence-corrected chi connectivity index (χ0v) is 11.7. The zero-order valence-electron chi connectivity index (χ0n) is 11.7. The molecule has 0 bridgehead atoms. The molecule has 0 spiro atoms. The molecule has 0 fully saturated rings. The van der Waals surface area contributed by atoms with Gasteiger partial charge in [-0.1, -0.05) is 0 Å². The molecule has 2 amide bonds. The molecule has 5 nitrogen and oxygen atoms in total. The summed E-state index contributed by atoms with van der Waals surface area (Å²) in [6.07, 6.45) is 0.190. The Morgan fingerprint density at radius 1 is 1.25 bits per heavy atom. The minimum absolute atomic E-state index is 0.154. The summed E-state index contributed by atoms with van der Waals surface area (Å²) >= 11 is 0. The van der Waals surface area contributed by atoms with E-state index < -0.39 is 0 Å². The number of aryl methyl sites for hydroxylation is 1. The molecular weight excluding hydrogens is 263 g/mol. The third kappa shape index (κ3) is 5.36. The Labute approximate surface area is 117 Å². The average molecular weight is 282 g/mol. The van der Waals surface area contributed by atoms with E-state index in [1.54, 1.807) is 14.0 Å². The van der Waals surface area contributed by atoms with E-state index in [1.165, 1.54) is 18.2 Å². The Bertz CT molecular complexity index is 477. The van der Waals surface area contributed by atoms with Crippen molar-refractivity contribution in [3.63, 3.8) is 0 Å². The molecule has 0 aliphatic rings. The quantitative estimate of drug-likeness (QED) is 0.734. The van der Waals surface area contributed by atoms with Crippen molar-refractivity contribution >= 4 is 11.8 Å². The minimum atomic E-state index is -0.378. The maximum absolute atomic E-state index is 12.9. The molecule has 1 rings (SSSR count). The van der Waals surface area contributed by atoms with Crippen molar-refractivity contribution in [2.45, 2.75) is 13.3 Å². The maximum atomic E-state index is 12.9. The predicted molar refractivity (Wildman–Crippen MR) is 73.0 cm³/mol. The van der Waals surface area contributed by atoms with Crippen LogP contribution >= 0.6 is 0 Å². The fourth-order valence-corrected chi connectivity index (χ4v) is 1.65. The summed E-state index contributed by atoms with van der Waals surface area (Å²) < 4.78 is 17.7. The van der Waals surface area contributed by atoms with Gasteiger partial charge in [-0.15, -0.1) is 0 Å². The van der Waals surface area contributed by atoms with E-state index in [0.717, 1.165) is 0 Å². The van der Waals surface area contributed by atoms with Gasteiger partial charge in [0.05, 0.1) is 6.61 Å². The Hall–Kier alpha value is -1.95.